The van der Waals surface area contributed by atoms with Gasteiger partial charge in [0.25, 0.3) is 0 Å². The Morgan fingerprint density at radius 2 is 1.93 bits per heavy atom. The third kappa shape index (κ3) is 5.06. The fourth-order valence-corrected chi connectivity index (χ4v) is 3.80. The molecule has 2 aromatic rings. The summed E-state index contributed by atoms with van der Waals surface area (Å²) in [6.45, 7) is 3.64. The molecule has 1 aliphatic rings. The first kappa shape index (κ1) is 21.5. The number of nitrogens with one attached hydrogen (secondary N) is 2. The molecule has 162 valence electrons. The van der Waals surface area contributed by atoms with Crippen LogP contribution in [0, 0.1) is 5.92 Å². The number of carbonyl (C=O) groups excluding carboxylic acids is 2. The molecule has 0 spiro atoms. The number of amides is 3. The molecule has 0 aliphatic carbocycles. The van der Waals surface area contributed by atoms with E-state index in [0.717, 1.165) is 5.56 Å². The second-order valence-electron chi connectivity index (χ2n) is 7.28. The molecule has 0 unspecified atom stereocenters. The highest BCUT2D eigenvalue weighted by molar-refractivity contribution is 5.81. The van der Waals surface area contributed by atoms with Gasteiger partial charge in [0, 0.05) is 25.6 Å². The van der Waals surface area contributed by atoms with Crippen LogP contribution < -0.4 is 20.1 Å². The number of piperidine rings is 1. The molecule has 8 nitrogen and oxygen atoms in total. The maximum atomic E-state index is 12.9. The van der Waals surface area contributed by atoms with E-state index in [1.165, 1.54) is 0 Å². The van der Waals surface area contributed by atoms with Crippen LogP contribution in [0.1, 0.15) is 30.6 Å². The molecule has 3 rings (SSSR count). The minimum absolute atomic E-state index is 0.000486. The highest BCUT2D eigenvalue weighted by Crippen LogP contribution is 2.35. The summed E-state index contributed by atoms with van der Waals surface area (Å²) in [7, 11) is 3.18. The van der Waals surface area contributed by atoms with Gasteiger partial charge in [0.05, 0.1) is 32.9 Å². The summed E-state index contributed by atoms with van der Waals surface area (Å²) < 4.78 is 16.0. The van der Waals surface area contributed by atoms with E-state index < -0.39 is 0 Å². The summed E-state index contributed by atoms with van der Waals surface area (Å²) in [6, 6.07) is 9.17. The molecule has 1 aromatic heterocycles. The van der Waals surface area contributed by atoms with Crippen LogP contribution in [0.2, 0.25) is 0 Å². The summed E-state index contributed by atoms with van der Waals surface area (Å²) >= 11 is 0. The van der Waals surface area contributed by atoms with Crippen molar-refractivity contribution in [3.63, 3.8) is 0 Å². The van der Waals surface area contributed by atoms with Gasteiger partial charge in [-0.3, -0.25) is 4.79 Å². The van der Waals surface area contributed by atoms with Gasteiger partial charge in [-0.2, -0.15) is 0 Å². The van der Waals surface area contributed by atoms with Crippen LogP contribution >= 0.6 is 0 Å². The Morgan fingerprint density at radius 1 is 1.13 bits per heavy atom. The van der Waals surface area contributed by atoms with E-state index in [4.69, 9.17) is 13.9 Å². The Hall–Kier alpha value is -3.16. The van der Waals surface area contributed by atoms with Gasteiger partial charge < -0.3 is 29.4 Å². The van der Waals surface area contributed by atoms with Crippen molar-refractivity contribution in [2.75, 3.05) is 33.9 Å². The van der Waals surface area contributed by atoms with Crippen molar-refractivity contribution in [3.05, 3.63) is 47.9 Å². The monoisotopic (exact) mass is 415 g/mol. The van der Waals surface area contributed by atoms with Crippen molar-refractivity contribution < 1.29 is 23.5 Å². The maximum absolute atomic E-state index is 12.9. The molecule has 3 amide bonds. The number of benzene rings is 1. The number of ether oxygens (including phenoxy) is 2. The van der Waals surface area contributed by atoms with Crippen LogP contribution in [0.5, 0.6) is 11.5 Å². The van der Waals surface area contributed by atoms with Crippen molar-refractivity contribution in [1.29, 1.82) is 0 Å². The van der Waals surface area contributed by atoms with Gasteiger partial charge in [-0.15, -0.1) is 0 Å². The lowest BCUT2D eigenvalue weighted by atomic mass is 9.84. The average Bonchev–Trinajstić information content (AvgIpc) is 3.30. The van der Waals surface area contributed by atoms with Gasteiger partial charge in [-0.05, 0) is 43.2 Å². The minimum Gasteiger partial charge on any atom is -0.493 e. The molecule has 0 radical (unpaired) electrons. The zero-order chi connectivity index (χ0) is 21.5. The molecule has 1 fully saturated rings. The van der Waals surface area contributed by atoms with Crippen LogP contribution in [0.4, 0.5) is 4.79 Å². The molecule has 2 N–H and O–H groups in total. The third-order valence-electron chi connectivity index (χ3n) is 5.33. The first-order valence-electron chi connectivity index (χ1n) is 10.1. The van der Waals surface area contributed by atoms with Crippen LogP contribution in [0.25, 0.3) is 0 Å². The molecule has 2 atom stereocenters. The number of rotatable bonds is 7. The zero-order valence-corrected chi connectivity index (χ0v) is 17.6. The van der Waals surface area contributed by atoms with Crippen molar-refractivity contribution in [2.45, 2.75) is 25.8 Å². The van der Waals surface area contributed by atoms with E-state index in [9.17, 15) is 9.59 Å². The van der Waals surface area contributed by atoms with Gasteiger partial charge in [0.2, 0.25) is 5.91 Å². The van der Waals surface area contributed by atoms with Crippen LogP contribution in [-0.4, -0.2) is 50.7 Å². The molecule has 1 aromatic carbocycles. The van der Waals surface area contributed by atoms with Gasteiger partial charge in [0.1, 0.15) is 5.76 Å². The normalized spacial score (nSPS) is 18.6. The lowest BCUT2D eigenvalue weighted by Gasteiger charge is -2.37. The summed E-state index contributed by atoms with van der Waals surface area (Å²) in [6.07, 6.45) is 2.21. The Balaban J connectivity index is 1.78. The van der Waals surface area contributed by atoms with Crippen molar-refractivity contribution >= 4 is 11.9 Å². The molecule has 1 aliphatic heterocycles. The number of furan rings is 1. The van der Waals surface area contributed by atoms with Crippen molar-refractivity contribution in [1.82, 2.24) is 15.5 Å². The molecule has 2 heterocycles. The summed E-state index contributed by atoms with van der Waals surface area (Å²) in [5.74, 6) is 1.55. The third-order valence-corrected chi connectivity index (χ3v) is 5.33. The number of nitrogens with zero attached hydrogens (tertiary/aromatic N) is 1. The topological polar surface area (TPSA) is 93.0 Å². The maximum Gasteiger partial charge on any atom is 0.317 e. The fourth-order valence-electron chi connectivity index (χ4n) is 3.80. The second kappa shape index (κ2) is 10.0. The van der Waals surface area contributed by atoms with Crippen LogP contribution in [0.3, 0.4) is 0 Å². The summed E-state index contributed by atoms with van der Waals surface area (Å²) in [5.41, 5.74) is 1.01. The van der Waals surface area contributed by atoms with Gasteiger partial charge in [0.15, 0.2) is 11.5 Å². The second-order valence-corrected chi connectivity index (χ2v) is 7.28. The van der Waals surface area contributed by atoms with E-state index in [0.29, 0.717) is 49.9 Å². The molecular formula is C22H29N3O5. The largest absolute Gasteiger partial charge is 0.493 e. The first-order chi connectivity index (χ1) is 14.5. The van der Waals surface area contributed by atoms with E-state index in [-0.39, 0.29) is 23.8 Å². The van der Waals surface area contributed by atoms with E-state index in [1.807, 2.05) is 31.2 Å². The van der Waals surface area contributed by atoms with E-state index in [2.05, 4.69) is 10.6 Å². The lowest BCUT2D eigenvalue weighted by molar-refractivity contribution is -0.126. The van der Waals surface area contributed by atoms with Crippen molar-refractivity contribution in [2.24, 2.45) is 5.92 Å². The quantitative estimate of drug-likeness (QED) is 0.725. The first-order valence-corrected chi connectivity index (χ1v) is 10.1. The number of hydrogen-bond donors (Lipinski definition) is 2. The molecule has 1 saturated heterocycles. The Morgan fingerprint density at radius 3 is 2.60 bits per heavy atom. The number of carbonyl (C=O) groups is 2. The van der Waals surface area contributed by atoms with Gasteiger partial charge in [-0.25, -0.2) is 4.79 Å². The highest BCUT2D eigenvalue weighted by atomic mass is 16.5. The average molecular weight is 415 g/mol. The molecule has 0 bridgehead atoms. The smallest absolute Gasteiger partial charge is 0.317 e. The zero-order valence-electron chi connectivity index (χ0n) is 17.6. The number of hydrogen-bond acceptors (Lipinski definition) is 5. The van der Waals surface area contributed by atoms with E-state index in [1.54, 1.807) is 31.4 Å². The Bertz CT molecular complexity index is 852. The fraction of sp³-hybridized carbons (Fsp3) is 0.455. The lowest BCUT2D eigenvalue weighted by Crippen LogP contribution is -2.51. The standard InChI is InChI=1S/C22H29N3O5/c1-4-23-22(27)25-13-16(15-7-8-19(28-2)20(11-15)29-3)10-17(14-25)21(26)24-12-18-6-5-9-30-18/h5-9,11,16-17H,4,10,12-14H2,1-3H3,(H,23,27)(H,24,26)/t16-,17+/m0/s1. The highest BCUT2D eigenvalue weighted by Gasteiger charge is 2.34. The SMILES string of the molecule is CCNC(=O)N1C[C@H](C(=O)NCc2ccco2)C[C@H](c2ccc(OC)c(OC)c2)C1. The van der Waals surface area contributed by atoms with Crippen molar-refractivity contribution in [3.8, 4) is 11.5 Å². The Kier molecular flexibility index (Phi) is 7.21. The molecule has 30 heavy (non-hydrogen) atoms. The van der Waals surface area contributed by atoms with Gasteiger partial charge >= 0.3 is 6.03 Å². The van der Waals surface area contributed by atoms with Crippen LogP contribution in [-0.2, 0) is 11.3 Å². The number of methoxy groups -OCH3 is 2. The summed E-state index contributed by atoms with van der Waals surface area (Å²) in [4.78, 5) is 27.1. The minimum atomic E-state index is -0.325. The molecule has 0 saturated carbocycles. The predicted octanol–water partition coefficient (Wildman–Crippen LogP) is 2.75. The number of likely N-dealkylation sites (tertiary alicyclic amines) is 1. The van der Waals surface area contributed by atoms with Gasteiger partial charge in [-0.1, -0.05) is 6.07 Å². The van der Waals surface area contributed by atoms with E-state index >= 15 is 0 Å². The predicted molar refractivity (Wildman–Crippen MR) is 112 cm³/mol. The molecular weight excluding hydrogens is 386 g/mol. The Labute approximate surface area is 176 Å². The number of urea groups is 1. The van der Waals surface area contributed by atoms with Crippen LogP contribution in [0.15, 0.2) is 41.0 Å². The summed E-state index contributed by atoms with van der Waals surface area (Å²) in [5, 5.41) is 5.76. The molecule has 8 heteroatoms.